The summed E-state index contributed by atoms with van der Waals surface area (Å²) < 4.78 is 5.81. The van der Waals surface area contributed by atoms with Crippen LogP contribution in [-0.4, -0.2) is 39.9 Å². The van der Waals surface area contributed by atoms with E-state index in [0.29, 0.717) is 27.7 Å². The predicted molar refractivity (Wildman–Crippen MR) is 105 cm³/mol. The molecule has 2 aromatic carbocycles. The van der Waals surface area contributed by atoms with Gasteiger partial charge in [-0.3, -0.25) is 9.59 Å². The molecule has 0 saturated carbocycles. The molecule has 3 heterocycles. The largest absolute Gasteiger partial charge is 0.543 e. The van der Waals surface area contributed by atoms with E-state index in [4.69, 9.17) is 10.2 Å². The molecule has 0 unspecified atom stereocenters. The van der Waals surface area contributed by atoms with Crippen LogP contribution in [-0.2, 0) is 9.59 Å². The van der Waals surface area contributed by atoms with Gasteiger partial charge in [0.05, 0.1) is 35.3 Å². The van der Waals surface area contributed by atoms with Crippen molar-refractivity contribution in [2.24, 2.45) is 11.7 Å². The molecule has 152 valence electrons. The van der Waals surface area contributed by atoms with Crippen molar-refractivity contribution in [1.29, 1.82) is 0 Å². The number of rotatable bonds is 4. The molecule has 5 rings (SSSR count). The van der Waals surface area contributed by atoms with E-state index in [1.165, 1.54) is 17.9 Å². The van der Waals surface area contributed by atoms with Crippen LogP contribution in [0.4, 0.5) is 0 Å². The number of carboxylic acids is 1. The normalized spacial score (nSPS) is 21.8. The standard InChI is InChI=1S/C22H18N2O6/c1-9(25)17-15-8-12(18(22(28)29)24(15)21(17)27)10-6-13-11-4-2-3-5-16(11)30-19(13)14(7-10)20(23)26/h2-7,9,15,17,25H,8H2,1H3,(H2,23,26)(H,28,29)/p-1/t9-,15-,17-/m1/s1. The van der Waals surface area contributed by atoms with E-state index >= 15 is 0 Å². The fourth-order valence-electron chi connectivity index (χ4n) is 4.70. The van der Waals surface area contributed by atoms with Crippen LogP contribution < -0.4 is 10.8 Å². The zero-order chi connectivity index (χ0) is 21.3. The van der Waals surface area contributed by atoms with Gasteiger partial charge in [0, 0.05) is 10.8 Å². The second kappa shape index (κ2) is 6.17. The fraction of sp³-hybridized carbons (Fsp3) is 0.227. The Bertz CT molecular complexity index is 1300. The van der Waals surface area contributed by atoms with E-state index in [1.807, 2.05) is 12.1 Å². The number of benzene rings is 2. The number of aliphatic hydroxyl groups is 1. The molecule has 2 aliphatic heterocycles. The van der Waals surface area contributed by atoms with Gasteiger partial charge >= 0.3 is 0 Å². The van der Waals surface area contributed by atoms with Crippen LogP contribution in [0.25, 0.3) is 27.5 Å². The Morgan fingerprint density at radius 3 is 2.67 bits per heavy atom. The lowest BCUT2D eigenvalue weighted by Crippen LogP contribution is -2.62. The van der Waals surface area contributed by atoms with Crippen LogP contribution in [0, 0.1) is 5.92 Å². The molecule has 3 N–H and O–H groups in total. The molecule has 1 saturated heterocycles. The number of furan rings is 1. The first kappa shape index (κ1) is 18.4. The average molecular weight is 405 g/mol. The molecule has 0 radical (unpaired) electrons. The van der Waals surface area contributed by atoms with Crippen LogP contribution in [0.1, 0.15) is 29.3 Å². The number of para-hydroxylation sites is 1. The van der Waals surface area contributed by atoms with Gasteiger partial charge in [0.15, 0.2) is 0 Å². The number of amides is 2. The summed E-state index contributed by atoms with van der Waals surface area (Å²) in [5.41, 5.74) is 7.17. The highest BCUT2D eigenvalue weighted by molar-refractivity contribution is 6.15. The van der Waals surface area contributed by atoms with Crippen molar-refractivity contribution in [3.8, 4) is 0 Å². The molecule has 1 fully saturated rings. The summed E-state index contributed by atoms with van der Waals surface area (Å²) in [6.45, 7) is 1.51. The number of nitrogens with two attached hydrogens (primary N) is 1. The molecule has 30 heavy (non-hydrogen) atoms. The van der Waals surface area contributed by atoms with E-state index in [1.54, 1.807) is 18.2 Å². The minimum absolute atomic E-state index is 0.122. The third kappa shape index (κ3) is 2.34. The molecular weight excluding hydrogens is 388 g/mol. The molecule has 0 aliphatic carbocycles. The van der Waals surface area contributed by atoms with Crippen molar-refractivity contribution in [1.82, 2.24) is 4.90 Å². The number of hydrogen-bond acceptors (Lipinski definition) is 6. The number of carbonyl (C=O) groups is 3. The molecule has 2 amide bonds. The molecule has 8 heteroatoms. The lowest BCUT2D eigenvalue weighted by molar-refractivity contribution is -0.301. The third-order valence-corrected chi connectivity index (χ3v) is 6.01. The number of primary amides is 1. The number of aliphatic hydroxyl groups excluding tert-OH is 1. The summed E-state index contributed by atoms with van der Waals surface area (Å²) in [5.74, 6) is -3.32. The molecule has 3 aromatic rings. The lowest BCUT2D eigenvalue weighted by Gasteiger charge is -2.45. The Morgan fingerprint density at radius 2 is 2.00 bits per heavy atom. The fourth-order valence-corrected chi connectivity index (χ4v) is 4.70. The molecule has 0 bridgehead atoms. The Labute approximate surface area is 170 Å². The quantitative estimate of drug-likeness (QED) is 0.615. The summed E-state index contributed by atoms with van der Waals surface area (Å²) in [6, 6.07) is 9.98. The van der Waals surface area contributed by atoms with Gasteiger partial charge in [-0.1, -0.05) is 18.2 Å². The van der Waals surface area contributed by atoms with Crippen molar-refractivity contribution in [2.75, 3.05) is 0 Å². The number of carboxylic acid groups (broad SMARTS) is 1. The first-order valence-corrected chi connectivity index (χ1v) is 9.50. The van der Waals surface area contributed by atoms with Crippen LogP contribution in [0.15, 0.2) is 46.5 Å². The highest BCUT2D eigenvalue weighted by Crippen LogP contribution is 2.47. The summed E-state index contributed by atoms with van der Waals surface area (Å²) in [6.07, 6.45) is -0.674. The van der Waals surface area contributed by atoms with E-state index in [-0.39, 0.29) is 17.7 Å². The SMILES string of the molecule is C[C@@H](O)[C@H]1C(=O)N2C(C(=O)[O-])=C(c3cc(C(N)=O)c4oc5ccccc5c4c3)C[C@H]12. The maximum atomic E-state index is 12.4. The molecule has 3 atom stereocenters. The Morgan fingerprint density at radius 1 is 1.27 bits per heavy atom. The smallest absolute Gasteiger partial charge is 0.252 e. The van der Waals surface area contributed by atoms with Crippen LogP contribution in [0.3, 0.4) is 0 Å². The molecule has 8 nitrogen and oxygen atoms in total. The summed E-state index contributed by atoms with van der Waals surface area (Å²) >= 11 is 0. The van der Waals surface area contributed by atoms with Gasteiger partial charge < -0.3 is 30.1 Å². The number of nitrogens with zero attached hydrogens (tertiary/aromatic N) is 1. The van der Waals surface area contributed by atoms with E-state index < -0.39 is 35.8 Å². The summed E-state index contributed by atoms with van der Waals surface area (Å²) in [7, 11) is 0. The highest BCUT2D eigenvalue weighted by atomic mass is 16.4. The zero-order valence-corrected chi connectivity index (χ0v) is 15.9. The highest BCUT2D eigenvalue weighted by Gasteiger charge is 2.55. The van der Waals surface area contributed by atoms with Crippen molar-refractivity contribution < 1.29 is 29.0 Å². The van der Waals surface area contributed by atoms with Crippen LogP contribution in [0.2, 0.25) is 0 Å². The number of fused-ring (bicyclic) bond motifs is 4. The molecule has 2 aliphatic rings. The second-order valence-corrected chi connectivity index (χ2v) is 7.72. The minimum Gasteiger partial charge on any atom is -0.543 e. The maximum Gasteiger partial charge on any atom is 0.252 e. The van der Waals surface area contributed by atoms with Crippen molar-refractivity contribution in [2.45, 2.75) is 25.5 Å². The number of hydrogen-bond donors (Lipinski definition) is 2. The number of carbonyl (C=O) groups excluding carboxylic acids is 3. The number of aliphatic carboxylic acids is 1. The van der Waals surface area contributed by atoms with Crippen molar-refractivity contribution in [3.63, 3.8) is 0 Å². The van der Waals surface area contributed by atoms with Gasteiger partial charge in [0.2, 0.25) is 5.91 Å². The van der Waals surface area contributed by atoms with Gasteiger partial charge in [-0.2, -0.15) is 0 Å². The zero-order valence-electron chi connectivity index (χ0n) is 15.9. The van der Waals surface area contributed by atoms with Crippen LogP contribution >= 0.6 is 0 Å². The monoisotopic (exact) mass is 405 g/mol. The van der Waals surface area contributed by atoms with Gasteiger partial charge in [0.1, 0.15) is 11.2 Å². The lowest BCUT2D eigenvalue weighted by atomic mass is 9.82. The van der Waals surface area contributed by atoms with Gasteiger partial charge in [-0.25, -0.2) is 0 Å². The van der Waals surface area contributed by atoms with Gasteiger partial charge in [0.25, 0.3) is 5.91 Å². The second-order valence-electron chi connectivity index (χ2n) is 7.72. The van der Waals surface area contributed by atoms with Crippen molar-refractivity contribution in [3.05, 3.63) is 53.2 Å². The van der Waals surface area contributed by atoms with E-state index in [2.05, 4.69) is 0 Å². The topological polar surface area (TPSA) is 137 Å². The Hall–Kier alpha value is -3.65. The van der Waals surface area contributed by atoms with Gasteiger partial charge in [-0.15, -0.1) is 0 Å². The van der Waals surface area contributed by atoms with E-state index in [9.17, 15) is 24.6 Å². The van der Waals surface area contributed by atoms with Crippen LogP contribution in [0.5, 0.6) is 0 Å². The van der Waals surface area contributed by atoms with Gasteiger partial charge in [-0.05, 0) is 42.7 Å². The molecular formula is C22H17N2O6-. The summed E-state index contributed by atoms with van der Waals surface area (Å²) in [4.78, 5) is 37.7. The number of β-lactam (4-membered cyclic amide) rings is 1. The van der Waals surface area contributed by atoms with E-state index in [0.717, 1.165) is 5.39 Å². The Balaban J connectivity index is 1.75. The maximum absolute atomic E-state index is 12.4. The Kier molecular flexibility index (Phi) is 3.78. The first-order chi connectivity index (χ1) is 14.3. The average Bonchev–Trinajstić information content (AvgIpc) is 3.22. The van der Waals surface area contributed by atoms with Crippen molar-refractivity contribution >= 4 is 45.3 Å². The molecule has 0 spiro atoms. The summed E-state index contributed by atoms with van der Waals surface area (Å²) in [5, 5.41) is 23.2. The molecule has 1 aromatic heterocycles. The first-order valence-electron chi connectivity index (χ1n) is 9.50. The third-order valence-electron chi connectivity index (χ3n) is 6.01. The minimum atomic E-state index is -1.48. The predicted octanol–water partition coefficient (Wildman–Crippen LogP) is 0.757.